The molecule has 0 amide bonds. The fourth-order valence-corrected chi connectivity index (χ4v) is 2.75. The third kappa shape index (κ3) is 4.00. The number of nitrogens with zero attached hydrogens (tertiary/aromatic N) is 1. The minimum Gasteiger partial charge on any atom is -0.491 e. The van der Waals surface area contributed by atoms with E-state index in [4.69, 9.17) is 9.57 Å². The van der Waals surface area contributed by atoms with Gasteiger partial charge in [0.2, 0.25) is 0 Å². The summed E-state index contributed by atoms with van der Waals surface area (Å²) in [5.74, 6) is 0.765. The van der Waals surface area contributed by atoms with Gasteiger partial charge in [-0.3, -0.25) is 4.84 Å². The monoisotopic (exact) mass is 307 g/mol. The van der Waals surface area contributed by atoms with Gasteiger partial charge < -0.3 is 9.84 Å². The van der Waals surface area contributed by atoms with Crippen LogP contribution >= 0.6 is 0 Å². The number of para-hydroxylation sites is 1. The van der Waals surface area contributed by atoms with E-state index in [1.54, 1.807) is 0 Å². The molecule has 0 spiro atoms. The van der Waals surface area contributed by atoms with Crippen LogP contribution in [0.4, 0.5) is 0 Å². The van der Waals surface area contributed by atoms with Gasteiger partial charge in [-0.25, -0.2) is 0 Å². The van der Waals surface area contributed by atoms with Crippen molar-refractivity contribution in [1.29, 1.82) is 0 Å². The summed E-state index contributed by atoms with van der Waals surface area (Å²) in [4.78, 5) is 5.89. The standard InChI is InChI=1S/C18H29NO3/c1-17(2)11-8-12-19(18(17,3)4)22-14-15(20)13-21-16-9-6-5-7-10-16/h5-7,9-10,15,20H,8,11-14H2,1-4H3. The summed E-state index contributed by atoms with van der Waals surface area (Å²) in [6.45, 7) is 10.4. The molecule has 1 N–H and O–H groups in total. The Morgan fingerprint density at radius 1 is 1.14 bits per heavy atom. The van der Waals surface area contributed by atoms with E-state index >= 15 is 0 Å². The molecule has 124 valence electrons. The van der Waals surface area contributed by atoms with Gasteiger partial charge in [0.1, 0.15) is 18.5 Å². The zero-order valence-electron chi connectivity index (χ0n) is 14.2. The van der Waals surface area contributed by atoms with Crippen LogP contribution in [-0.2, 0) is 4.84 Å². The van der Waals surface area contributed by atoms with Gasteiger partial charge in [-0.2, -0.15) is 5.06 Å². The smallest absolute Gasteiger partial charge is 0.119 e. The van der Waals surface area contributed by atoms with Crippen LogP contribution < -0.4 is 4.74 Å². The molecule has 0 aliphatic carbocycles. The molecular weight excluding hydrogens is 278 g/mol. The average Bonchev–Trinajstić information content (AvgIpc) is 2.48. The van der Waals surface area contributed by atoms with E-state index in [1.165, 1.54) is 6.42 Å². The lowest BCUT2D eigenvalue weighted by Gasteiger charge is -2.52. The predicted octanol–water partition coefficient (Wildman–Crippen LogP) is 3.26. The second-order valence-electron chi connectivity index (χ2n) is 7.22. The number of hydrogen-bond donors (Lipinski definition) is 1. The molecule has 1 saturated heterocycles. The number of aliphatic hydroxyl groups is 1. The van der Waals surface area contributed by atoms with Crippen molar-refractivity contribution in [2.75, 3.05) is 19.8 Å². The highest BCUT2D eigenvalue weighted by Crippen LogP contribution is 2.43. The molecule has 0 aromatic heterocycles. The van der Waals surface area contributed by atoms with E-state index in [2.05, 4.69) is 27.7 Å². The minimum atomic E-state index is -0.638. The SMILES string of the molecule is CC1(C)CCCN(OCC(O)COc2ccccc2)C1(C)C. The van der Waals surface area contributed by atoms with Gasteiger partial charge in [-0.15, -0.1) is 0 Å². The normalized spacial score (nSPS) is 22.2. The molecule has 1 heterocycles. The Kier molecular flexibility index (Phi) is 5.48. The van der Waals surface area contributed by atoms with Crippen LogP contribution in [0.25, 0.3) is 0 Å². The second-order valence-corrected chi connectivity index (χ2v) is 7.22. The molecule has 0 saturated carbocycles. The maximum absolute atomic E-state index is 10.1. The van der Waals surface area contributed by atoms with E-state index in [9.17, 15) is 5.11 Å². The van der Waals surface area contributed by atoms with Crippen LogP contribution in [0.1, 0.15) is 40.5 Å². The molecule has 4 heteroatoms. The van der Waals surface area contributed by atoms with Crippen molar-refractivity contribution in [3.63, 3.8) is 0 Å². The number of rotatable bonds is 6. The molecule has 0 bridgehead atoms. The molecule has 1 unspecified atom stereocenters. The molecule has 1 fully saturated rings. The molecule has 0 radical (unpaired) electrons. The first-order chi connectivity index (χ1) is 10.3. The maximum atomic E-state index is 10.1. The highest BCUT2D eigenvalue weighted by atomic mass is 16.7. The lowest BCUT2D eigenvalue weighted by Crippen LogP contribution is -2.57. The summed E-state index contributed by atoms with van der Waals surface area (Å²) in [5.41, 5.74) is 0.141. The Balaban J connectivity index is 1.79. The highest BCUT2D eigenvalue weighted by molar-refractivity contribution is 5.20. The van der Waals surface area contributed by atoms with Gasteiger partial charge in [-0.05, 0) is 44.2 Å². The molecule has 22 heavy (non-hydrogen) atoms. The molecule has 1 aliphatic heterocycles. The van der Waals surface area contributed by atoms with Crippen molar-refractivity contribution >= 4 is 0 Å². The Morgan fingerprint density at radius 3 is 2.50 bits per heavy atom. The third-order valence-electron chi connectivity index (χ3n) is 5.05. The van der Waals surface area contributed by atoms with Crippen molar-refractivity contribution in [2.45, 2.75) is 52.2 Å². The zero-order chi connectivity index (χ0) is 16.2. The van der Waals surface area contributed by atoms with Gasteiger partial charge >= 0.3 is 0 Å². The topological polar surface area (TPSA) is 41.9 Å². The van der Waals surface area contributed by atoms with Crippen LogP contribution in [-0.4, -0.2) is 41.6 Å². The summed E-state index contributed by atoms with van der Waals surface area (Å²) in [5, 5.41) is 12.1. The van der Waals surface area contributed by atoms with E-state index < -0.39 is 6.10 Å². The molecular formula is C18H29NO3. The maximum Gasteiger partial charge on any atom is 0.119 e. The van der Waals surface area contributed by atoms with E-state index in [0.717, 1.165) is 18.7 Å². The third-order valence-corrected chi connectivity index (χ3v) is 5.05. The fourth-order valence-electron chi connectivity index (χ4n) is 2.75. The number of aliphatic hydroxyl groups excluding tert-OH is 1. The second kappa shape index (κ2) is 6.99. The number of hydroxylamine groups is 2. The predicted molar refractivity (Wildman–Crippen MR) is 87.7 cm³/mol. The van der Waals surface area contributed by atoms with Crippen LogP contribution in [0.15, 0.2) is 30.3 Å². The first kappa shape index (κ1) is 17.3. The summed E-state index contributed by atoms with van der Waals surface area (Å²) in [7, 11) is 0. The fraction of sp³-hybridized carbons (Fsp3) is 0.667. The van der Waals surface area contributed by atoms with E-state index in [0.29, 0.717) is 0 Å². The summed E-state index contributed by atoms with van der Waals surface area (Å²) < 4.78 is 5.55. The number of piperidine rings is 1. The molecule has 1 aromatic rings. The van der Waals surface area contributed by atoms with Crippen LogP contribution in [0.3, 0.4) is 0 Å². The molecule has 1 atom stereocenters. The quantitative estimate of drug-likeness (QED) is 0.876. The first-order valence-electron chi connectivity index (χ1n) is 8.09. The average molecular weight is 307 g/mol. The van der Waals surface area contributed by atoms with Crippen molar-refractivity contribution < 1.29 is 14.7 Å². The van der Waals surface area contributed by atoms with Crippen molar-refractivity contribution in [3.05, 3.63) is 30.3 Å². The Labute approximate surface area is 134 Å². The highest BCUT2D eigenvalue weighted by Gasteiger charge is 2.45. The van der Waals surface area contributed by atoms with Gasteiger partial charge in [0.05, 0.1) is 6.61 Å². The van der Waals surface area contributed by atoms with E-state index in [1.807, 2.05) is 35.4 Å². The van der Waals surface area contributed by atoms with Crippen LogP contribution in [0.2, 0.25) is 0 Å². The van der Waals surface area contributed by atoms with Crippen molar-refractivity contribution in [1.82, 2.24) is 5.06 Å². The molecule has 2 rings (SSSR count). The van der Waals surface area contributed by atoms with Gasteiger partial charge in [0.15, 0.2) is 0 Å². The summed E-state index contributed by atoms with van der Waals surface area (Å²) >= 11 is 0. The van der Waals surface area contributed by atoms with Crippen LogP contribution in [0, 0.1) is 5.41 Å². The lowest BCUT2D eigenvalue weighted by atomic mass is 9.69. The first-order valence-corrected chi connectivity index (χ1v) is 8.09. The number of benzene rings is 1. The van der Waals surface area contributed by atoms with Gasteiger partial charge in [-0.1, -0.05) is 32.0 Å². The van der Waals surface area contributed by atoms with Crippen LogP contribution in [0.5, 0.6) is 5.75 Å². The van der Waals surface area contributed by atoms with Crippen molar-refractivity contribution in [3.8, 4) is 5.75 Å². The number of ether oxygens (including phenoxy) is 1. The van der Waals surface area contributed by atoms with Crippen molar-refractivity contribution in [2.24, 2.45) is 5.41 Å². The largest absolute Gasteiger partial charge is 0.491 e. The van der Waals surface area contributed by atoms with E-state index in [-0.39, 0.29) is 24.2 Å². The minimum absolute atomic E-state index is 0.0503. The Bertz CT molecular complexity index is 459. The zero-order valence-corrected chi connectivity index (χ0v) is 14.2. The lowest BCUT2D eigenvalue weighted by molar-refractivity contribution is -0.268. The Morgan fingerprint density at radius 2 is 1.82 bits per heavy atom. The summed E-state index contributed by atoms with van der Waals surface area (Å²) in [6.07, 6.45) is 1.67. The van der Waals surface area contributed by atoms with Gasteiger partial charge in [0, 0.05) is 12.1 Å². The van der Waals surface area contributed by atoms with Gasteiger partial charge in [0.25, 0.3) is 0 Å². The Hall–Kier alpha value is -1.10. The molecule has 4 nitrogen and oxygen atoms in total. The number of hydrogen-bond acceptors (Lipinski definition) is 4. The molecule has 1 aromatic carbocycles. The summed E-state index contributed by atoms with van der Waals surface area (Å²) in [6, 6.07) is 9.52. The molecule has 1 aliphatic rings.